The Morgan fingerprint density at radius 3 is 2.57 bits per heavy atom. The molecule has 1 aromatic heterocycles. The lowest BCUT2D eigenvalue weighted by Crippen LogP contribution is -2.31. The summed E-state index contributed by atoms with van der Waals surface area (Å²) < 4.78 is 0.712. The van der Waals surface area contributed by atoms with Gasteiger partial charge in [0.1, 0.15) is 0 Å². The van der Waals surface area contributed by atoms with Crippen molar-refractivity contribution in [1.82, 2.24) is 15.1 Å². The van der Waals surface area contributed by atoms with Gasteiger partial charge in [-0.15, -0.1) is 10.2 Å². The standard InChI is InChI=1S/C15H24N4O2S2/c1-3-19(4-2)12(20)10-22-15-18-17-14(23-15)16-13(21)11-8-6-5-7-9-11/h11H,3-10H2,1-2H3,(H,16,17,21). The molecule has 0 saturated heterocycles. The first-order valence-electron chi connectivity index (χ1n) is 8.19. The van der Waals surface area contributed by atoms with Gasteiger partial charge in [0, 0.05) is 19.0 Å². The van der Waals surface area contributed by atoms with Crippen LogP contribution in [0.25, 0.3) is 0 Å². The second-order valence-electron chi connectivity index (χ2n) is 5.55. The van der Waals surface area contributed by atoms with Gasteiger partial charge in [-0.2, -0.15) is 0 Å². The number of nitrogens with one attached hydrogen (secondary N) is 1. The van der Waals surface area contributed by atoms with Gasteiger partial charge in [-0.25, -0.2) is 0 Å². The fraction of sp³-hybridized carbons (Fsp3) is 0.733. The molecule has 1 N–H and O–H groups in total. The van der Waals surface area contributed by atoms with Gasteiger partial charge in [-0.1, -0.05) is 42.4 Å². The molecule has 0 atom stereocenters. The van der Waals surface area contributed by atoms with Crippen LogP contribution in [-0.2, 0) is 9.59 Å². The first-order valence-corrected chi connectivity index (χ1v) is 9.99. The highest BCUT2D eigenvalue weighted by molar-refractivity contribution is 8.01. The van der Waals surface area contributed by atoms with Gasteiger partial charge in [0.2, 0.25) is 16.9 Å². The molecule has 0 aromatic carbocycles. The SMILES string of the molecule is CCN(CC)C(=O)CSc1nnc(NC(=O)C2CCCCC2)s1. The van der Waals surface area contributed by atoms with E-state index in [1.165, 1.54) is 29.5 Å². The van der Waals surface area contributed by atoms with Crippen molar-refractivity contribution in [2.45, 2.75) is 50.3 Å². The Labute approximate surface area is 145 Å². The van der Waals surface area contributed by atoms with Crippen LogP contribution in [-0.4, -0.2) is 45.8 Å². The Morgan fingerprint density at radius 1 is 1.22 bits per heavy atom. The summed E-state index contributed by atoms with van der Waals surface area (Å²) in [4.78, 5) is 25.9. The maximum absolute atomic E-state index is 12.2. The highest BCUT2D eigenvalue weighted by Crippen LogP contribution is 2.28. The minimum atomic E-state index is 0.0524. The van der Waals surface area contributed by atoms with Crippen molar-refractivity contribution in [2.75, 3.05) is 24.2 Å². The minimum Gasteiger partial charge on any atom is -0.343 e. The number of amides is 2. The fourth-order valence-electron chi connectivity index (χ4n) is 2.68. The molecule has 2 rings (SSSR count). The smallest absolute Gasteiger partial charge is 0.233 e. The maximum Gasteiger partial charge on any atom is 0.233 e. The Kier molecular flexibility index (Phi) is 7.29. The van der Waals surface area contributed by atoms with E-state index in [0.29, 0.717) is 28.3 Å². The molecule has 128 valence electrons. The van der Waals surface area contributed by atoms with Crippen LogP contribution in [0.3, 0.4) is 0 Å². The average molecular weight is 357 g/mol. The van der Waals surface area contributed by atoms with Crippen LogP contribution in [0.1, 0.15) is 46.0 Å². The third kappa shape index (κ3) is 5.46. The molecule has 1 aliphatic rings. The lowest BCUT2D eigenvalue weighted by molar-refractivity contribution is -0.128. The zero-order chi connectivity index (χ0) is 16.7. The first kappa shape index (κ1) is 18.2. The molecule has 1 saturated carbocycles. The molecule has 1 heterocycles. The first-order chi connectivity index (χ1) is 11.1. The van der Waals surface area contributed by atoms with Crippen molar-refractivity contribution in [3.8, 4) is 0 Å². The zero-order valence-electron chi connectivity index (χ0n) is 13.7. The topological polar surface area (TPSA) is 75.2 Å². The molecular weight excluding hydrogens is 332 g/mol. The van der Waals surface area contributed by atoms with Gasteiger partial charge in [0.05, 0.1) is 5.75 Å². The van der Waals surface area contributed by atoms with Crippen LogP contribution >= 0.6 is 23.1 Å². The van der Waals surface area contributed by atoms with E-state index in [9.17, 15) is 9.59 Å². The summed E-state index contributed by atoms with van der Waals surface area (Å²) >= 11 is 2.71. The number of carbonyl (C=O) groups excluding carboxylic acids is 2. The van der Waals surface area contributed by atoms with E-state index in [0.717, 1.165) is 25.7 Å². The zero-order valence-corrected chi connectivity index (χ0v) is 15.3. The summed E-state index contributed by atoms with van der Waals surface area (Å²) in [7, 11) is 0. The van der Waals surface area contributed by atoms with Crippen LogP contribution in [0.2, 0.25) is 0 Å². The number of carbonyl (C=O) groups is 2. The van der Waals surface area contributed by atoms with Gasteiger partial charge < -0.3 is 10.2 Å². The second-order valence-corrected chi connectivity index (χ2v) is 7.75. The van der Waals surface area contributed by atoms with Crippen molar-refractivity contribution in [3.05, 3.63) is 0 Å². The third-order valence-electron chi connectivity index (χ3n) is 4.05. The van der Waals surface area contributed by atoms with Crippen molar-refractivity contribution < 1.29 is 9.59 Å². The van der Waals surface area contributed by atoms with Gasteiger partial charge in [0.25, 0.3) is 0 Å². The number of aromatic nitrogens is 2. The number of nitrogens with zero attached hydrogens (tertiary/aromatic N) is 3. The van der Waals surface area contributed by atoms with Gasteiger partial charge in [-0.05, 0) is 26.7 Å². The summed E-state index contributed by atoms with van der Waals surface area (Å²) in [5.41, 5.74) is 0. The van der Waals surface area contributed by atoms with Crippen molar-refractivity contribution >= 4 is 40.0 Å². The number of thioether (sulfide) groups is 1. The number of hydrogen-bond donors (Lipinski definition) is 1. The van der Waals surface area contributed by atoms with E-state index in [1.54, 1.807) is 4.90 Å². The molecule has 1 fully saturated rings. The fourth-order valence-corrected chi connectivity index (χ4v) is 4.34. The van der Waals surface area contributed by atoms with Crippen molar-refractivity contribution in [1.29, 1.82) is 0 Å². The van der Waals surface area contributed by atoms with Crippen LogP contribution in [0, 0.1) is 5.92 Å². The Bertz CT molecular complexity index is 525. The average Bonchev–Trinajstić information content (AvgIpc) is 3.02. The summed E-state index contributed by atoms with van der Waals surface area (Å²) in [5, 5.41) is 11.4. The normalized spacial score (nSPS) is 15.4. The Morgan fingerprint density at radius 2 is 1.91 bits per heavy atom. The quantitative estimate of drug-likeness (QED) is 0.600. The molecule has 0 spiro atoms. The van der Waals surface area contributed by atoms with Gasteiger partial charge >= 0.3 is 0 Å². The van der Waals surface area contributed by atoms with Crippen LogP contribution in [0.5, 0.6) is 0 Å². The summed E-state index contributed by atoms with van der Waals surface area (Å²) in [6.07, 6.45) is 5.41. The number of anilines is 1. The molecule has 1 aromatic rings. The minimum absolute atomic E-state index is 0.0524. The molecule has 0 aliphatic heterocycles. The summed E-state index contributed by atoms with van der Waals surface area (Å²) in [5.74, 6) is 0.611. The predicted molar refractivity (Wildman–Crippen MR) is 93.8 cm³/mol. The van der Waals surface area contributed by atoms with E-state index in [2.05, 4.69) is 15.5 Å². The van der Waals surface area contributed by atoms with E-state index < -0.39 is 0 Å². The van der Waals surface area contributed by atoms with E-state index >= 15 is 0 Å². The molecule has 23 heavy (non-hydrogen) atoms. The third-order valence-corrected chi connectivity index (χ3v) is 6.00. The largest absolute Gasteiger partial charge is 0.343 e. The second kappa shape index (κ2) is 9.22. The van der Waals surface area contributed by atoms with Crippen molar-refractivity contribution in [3.63, 3.8) is 0 Å². The van der Waals surface area contributed by atoms with E-state index in [-0.39, 0.29) is 17.7 Å². The lowest BCUT2D eigenvalue weighted by Gasteiger charge is -2.19. The molecular formula is C15H24N4O2S2. The number of hydrogen-bond acceptors (Lipinski definition) is 6. The molecule has 0 bridgehead atoms. The molecule has 8 heteroatoms. The molecule has 0 radical (unpaired) electrons. The van der Waals surface area contributed by atoms with Crippen LogP contribution < -0.4 is 5.32 Å². The molecule has 1 aliphatic carbocycles. The highest BCUT2D eigenvalue weighted by Gasteiger charge is 2.22. The highest BCUT2D eigenvalue weighted by atomic mass is 32.2. The Balaban J connectivity index is 1.81. The van der Waals surface area contributed by atoms with Crippen LogP contribution in [0.4, 0.5) is 5.13 Å². The van der Waals surface area contributed by atoms with E-state index in [1.807, 2.05) is 13.8 Å². The predicted octanol–water partition coefficient (Wildman–Crippen LogP) is 3.02. The maximum atomic E-state index is 12.2. The van der Waals surface area contributed by atoms with E-state index in [4.69, 9.17) is 0 Å². The summed E-state index contributed by atoms with van der Waals surface area (Å²) in [6, 6.07) is 0. The molecule has 6 nitrogen and oxygen atoms in total. The van der Waals surface area contributed by atoms with Gasteiger partial charge in [0.15, 0.2) is 4.34 Å². The van der Waals surface area contributed by atoms with Crippen molar-refractivity contribution in [2.24, 2.45) is 5.92 Å². The summed E-state index contributed by atoms with van der Waals surface area (Å²) in [6.45, 7) is 5.37. The monoisotopic (exact) mass is 356 g/mol. The lowest BCUT2D eigenvalue weighted by atomic mass is 9.89. The van der Waals surface area contributed by atoms with Gasteiger partial charge in [-0.3, -0.25) is 9.59 Å². The molecule has 0 unspecified atom stereocenters. The molecule has 2 amide bonds. The number of rotatable bonds is 7. The van der Waals surface area contributed by atoms with Crippen LogP contribution in [0.15, 0.2) is 4.34 Å². The Hall–Kier alpha value is -1.15.